The number of thiophene rings is 1. The van der Waals surface area contributed by atoms with Crippen molar-refractivity contribution in [3.8, 4) is 10.6 Å². The molecule has 1 N–H and O–H groups in total. The number of aromatic carboxylic acids is 1. The minimum Gasteiger partial charge on any atom is -0.477 e. The van der Waals surface area contributed by atoms with Crippen molar-refractivity contribution in [2.24, 2.45) is 0 Å². The van der Waals surface area contributed by atoms with Crippen LogP contribution in [0.5, 0.6) is 0 Å². The summed E-state index contributed by atoms with van der Waals surface area (Å²) in [6, 6.07) is 12.3. The van der Waals surface area contributed by atoms with Crippen molar-refractivity contribution >= 4 is 51.4 Å². The standard InChI is InChI=1S/C17H10Cl2N2O3S/c18-11-2-1-3-12-10(11)7-13(17(22)23)21(12)8-9-6-14(24-20-9)15-4-5-16(19)25-15/h1-7H,8H2,(H,22,23). The van der Waals surface area contributed by atoms with Gasteiger partial charge in [-0.05, 0) is 30.3 Å². The first-order valence-electron chi connectivity index (χ1n) is 7.25. The minimum atomic E-state index is -1.03. The Morgan fingerprint density at radius 1 is 1.24 bits per heavy atom. The highest BCUT2D eigenvalue weighted by molar-refractivity contribution is 7.19. The Hall–Kier alpha value is -2.28. The van der Waals surface area contributed by atoms with Crippen LogP contribution in [0.4, 0.5) is 0 Å². The Morgan fingerprint density at radius 2 is 2.08 bits per heavy atom. The molecule has 0 spiro atoms. The highest BCUT2D eigenvalue weighted by Gasteiger charge is 2.18. The zero-order valence-electron chi connectivity index (χ0n) is 12.6. The van der Waals surface area contributed by atoms with E-state index in [9.17, 15) is 9.90 Å². The lowest BCUT2D eigenvalue weighted by atomic mass is 10.2. The number of rotatable bonds is 4. The number of carboxylic acids is 1. The van der Waals surface area contributed by atoms with Crippen molar-refractivity contribution in [2.75, 3.05) is 0 Å². The average Bonchev–Trinajstić information content (AvgIpc) is 3.27. The first-order chi connectivity index (χ1) is 12.0. The number of nitrogens with zero attached hydrogens (tertiary/aromatic N) is 2. The van der Waals surface area contributed by atoms with Crippen LogP contribution in [0.3, 0.4) is 0 Å². The molecule has 0 saturated heterocycles. The van der Waals surface area contributed by atoms with Gasteiger partial charge in [0.15, 0.2) is 5.76 Å². The van der Waals surface area contributed by atoms with Crippen molar-refractivity contribution in [1.29, 1.82) is 0 Å². The third-order valence-corrected chi connectivity index (χ3v) is 5.38. The van der Waals surface area contributed by atoms with Crippen LogP contribution in [0.1, 0.15) is 16.2 Å². The van der Waals surface area contributed by atoms with E-state index in [4.69, 9.17) is 27.7 Å². The van der Waals surface area contributed by atoms with Crippen LogP contribution in [0, 0.1) is 0 Å². The summed E-state index contributed by atoms with van der Waals surface area (Å²) >= 11 is 13.5. The lowest BCUT2D eigenvalue weighted by molar-refractivity contribution is 0.0686. The lowest BCUT2D eigenvalue weighted by Gasteiger charge is -2.05. The molecular formula is C17H10Cl2N2O3S. The van der Waals surface area contributed by atoms with E-state index in [2.05, 4.69) is 5.16 Å². The first kappa shape index (κ1) is 16.2. The molecule has 126 valence electrons. The third kappa shape index (κ3) is 2.93. The van der Waals surface area contributed by atoms with Crippen molar-refractivity contribution < 1.29 is 14.4 Å². The number of carbonyl (C=O) groups is 1. The number of carboxylic acid groups (broad SMARTS) is 1. The van der Waals surface area contributed by atoms with Crippen LogP contribution in [0.15, 0.2) is 47.0 Å². The average molecular weight is 393 g/mol. The third-order valence-electron chi connectivity index (χ3n) is 3.81. The molecule has 25 heavy (non-hydrogen) atoms. The zero-order chi connectivity index (χ0) is 17.6. The molecular weight excluding hydrogens is 383 g/mol. The summed E-state index contributed by atoms with van der Waals surface area (Å²) in [6.45, 7) is 0.258. The fourth-order valence-electron chi connectivity index (χ4n) is 2.71. The second-order valence-corrected chi connectivity index (χ2v) is 7.50. The predicted octanol–water partition coefficient (Wildman–Crippen LogP) is 5.41. The molecule has 0 radical (unpaired) electrons. The number of benzene rings is 1. The van der Waals surface area contributed by atoms with E-state index in [-0.39, 0.29) is 12.2 Å². The Balaban J connectivity index is 1.76. The molecule has 3 heterocycles. The number of hydrogen-bond donors (Lipinski definition) is 1. The summed E-state index contributed by atoms with van der Waals surface area (Å²) in [4.78, 5) is 12.5. The smallest absolute Gasteiger partial charge is 0.352 e. The van der Waals surface area contributed by atoms with E-state index in [1.165, 1.54) is 11.3 Å². The highest BCUT2D eigenvalue weighted by atomic mass is 35.5. The largest absolute Gasteiger partial charge is 0.477 e. The molecule has 0 fully saturated rings. The van der Waals surface area contributed by atoms with Crippen LogP contribution >= 0.6 is 34.5 Å². The molecule has 0 atom stereocenters. The number of aromatic nitrogens is 2. The van der Waals surface area contributed by atoms with Crippen LogP contribution in [0.2, 0.25) is 9.36 Å². The summed E-state index contributed by atoms with van der Waals surface area (Å²) in [5.74, 6) is -0.431. The second kappa shape index (κ2) is 6.22. The fourth-order valence-corrected chi connectivity index (χ4v) is 3.92. The van der Waals surface area contributed by atoms with Crippen LogP contribution in [-0.2, 0) is 6.54 Å². The molecule has 5 nitrogen and oxygen atoms in total. The van der Waals surface area contributed by atoms with E-state index in [0.717, 1.165) is 10.4 Å². The summed E-state index contributed by atoms with van der Waals surface area (Å²) in [7, 11) is 0. The summed E-state index contributed by atoms with van der Waals surface area (Å²) in [5, 5.41) is 14.7. The normalized spacial score (nSPS) is 11.3. The maximum absolute atomic E-state index is 11.6. The van der Waals surface area contributed by atoms with E-state index in [1.807, 2.05) is 12.1 Å². The van der Waals surface area contributed by atoms with E-state index < -0.39 is 5.97 Å². The molecule has 1 aromatic carbocycles. The van der Waals surface area contributed by atoms with Gasteiger partial charge in [-0.2, -0.15) is 0 Å². The van der Waals surface area contributed by atoms with E-state index in [1.54, 1.807) is 34.9 Å². The Kier molecular flexibility index (Phi) is 4.03. The minimum absolute atomic E-state index is 0.145. The molecule has 3 aromatic heterocycles. The van der Waals surface area contributed by atoms with Gasteiger partial charge < -0.3 is 14.2 Å². The Bertz CT molecular complexity index is 1100. The number of halogens is 2. The monoisotopic (exact) mass is 392 g/mol. The van der Waals surface area contributed by atoms with Gasteiger partial charge >= 0.3 is 5.97 Å². The summed E-state index contributed by atoms with van der Waals surface area (Å²) < 4.78 is 7.68. The van der Waals surface area contributed by atoms with Gasteiger partial charge in [0.25, 0.3) is 0 Å². The van der Waals surface area contributed by atoms with Crippen LogP contribution in [0.25, 0.3) is 21.5 Å². The maximum atomic E-state index is 11.6. The molecule has 0 aliphatic carbocycles. The van der Waals surface area contributed by atoms with E-state index >= 15 is 0 Å². The second-order valence-electron chi connectivity index (χ2n) is 5.38. The Morgan fingerprint density at radius 3 is 2.80 bits per heavy atom. The summed E-state index contributed by atoms with van der Waals surface area (Å²) in [6.07, 6.45) is 0. The van der Waals surface area contributed by atoms with Gasteiger partial charge in [-0.25, -0.2) is 4.79 Å². The molecule has 0 saturated carbocycles. The van der Waals surface area contributed by atoms with Gasteiger partial charge in [0.05, 0.1) is 21.3 Å². The van der Waals surface area contributed by atoms with Gasteiger partial charge in [-0.1, -0.05) is 34.4 Å². The van der Waals surface area contributed by atoms with Crippen molar-refractivity contribution in [3.63, 3.8) is 0 Å². The lowest BCUT2D eigenvalue weighted by Crippen LogP contribution is -2.09. The van der Waals surface area contributed by atoms with Crippen LogP contribution in [-0.4, -0.2) is 20.8 Å². The predicted molar refractivity (Wildman–Crippen MR) is 97.8 cm³/mol. The highest BCUT2D eigenvalue weighted by Crippen LogP contribution is 2.32. The van der Waals surface area contributed by atoms with Gasteiger partial charge in [0, 0.05) is 16.5 Å². The zero-order valence-corrected chi connectivity index (χ0v) is 14.9. The quantitative estimate of drug-likeness (QED) is 0.503. The molecule has 0 amide bonds. The number of hydrogen-bond acceptors (Lipinski definition) is 4. The maximum Gasteiger partial charge on any atom is 0.352 e. The molecule has 0 bridgehead atoms. The fraction of sp³-hybridized carbons (Fsp3) is 0.0588. The molecule has 4 aromatic rings. The van der Waals surface area contributed by atoms with Crippen molar-refractivity contribution in [3.05, 3.63) is 63.2 Å². The van der Waals surface area contributed by atoms with Gasteiger partial charge in [0.2, 0.25) is 0 Å². The SMILES string of the molecule is O=C(O)c1cc2c(Cl)cccc2n1Cc1cc(-c2ccc(Cl)s2)on1. The molecule has 0 unspecified atom stereocenters. The van der Waals surface area contributed by atoms with Gasteiger partial charge in [0.1, 0.15) is 11.4 Å². The summed E-state index contributed by atoms with van der Waals surface area (Å²) in [5.41, 5.74) is 1.49. The topological polar surface area (TPSA) is 68.3 Å². The van der Waals surface area contributed by atoms with Crippen molar-refractivity contribution in [1.82, 2.24) is 9.72 Å². The molecule has 0 aliphatic heterocycles. The first-order valence-corrected chi connectivity index (χ1v) is 8.82. The number of fused-ring (bicyclic) bond motifs is 1. The molecule has 4 rings (SSSR count). The van der Waals surface area contributed by atoms with Gasteiger partial charge in [-0.3, -0.25) is 0 Å². The molecule has 8 heteroatoms. The molecule has 0 aliphatic rings. The van der Waals surface area contributed by atoms with Crippen molar-refractivity contribution in [2.45, 2.75) is 6.54 Å². The Labute approximate surface area is 156 Å². The van der Waals surface area contributed by atoms with Gasteiger partial charge in [-0.15, -0.1) is 11.3 Å². The van der Waals surface area contributed by atoms with E-state index in [0.29, 0.717) is 26.2 Å². The van der Waals surface area contributed by atoms with Crippen LogP contribution < -0.4 is 0 Å².